The number of hydrogen-bond donors (Lipinski definition) is 0. The second kappa shape index (κ2) is 24.5. The van der Waals surface area contributed by atoms with Gasteiger partial charge in [-0.3, -0.25) is 0 Å². The molecule has 0 fully saturated rings. The molecule has 0 bridgehead atoms. The van der Waals surface area contributed by atoms with Crippen LogP contribution in [0.4, 0.5) is 34.1 Å². The number of para-hydroxylation sites is 4. The first-order valence-corrected chi connectivity index (χ1v) is 36.1. The van der Waals surface area contributed by atoms with Crippen LogP contribution >= 0.6 is 0 Å². The molecule has 7 heteroatoms. The molecule has 0 radical (unpaired) electrons. The lowest BCUT2D eigenvalue weighted by atomic mass is 9.21. The summed E-state index contributed by atoms with van der Waals surface area (Å²) in [5.41, 5.74) is 35.8. The fraction of sp³-hybridized carbons (Fsp3) is 0.0632. The molecule has 102 heavy (non-hydrogen) atoms. The van der Waals surface area contributed by atoms with Crippen molar-refractivity contribution >= 4 is 127 Å². The standard InChI is InChI=1S/C95H71B4N3/c1-94(2)76-37-11-23-49-88(76)101(89-50-24-12-38-77(89)94)72-57-53-64(54-58-72)74-63-75(66-29-27-35-70(61-66)98-84-45-19-15-41-80(84)96(68-31-7-5-8-32-68)81-42-16-20-46-85(81)98)92(65-55-59-73(60-56-65)102-90-51-25-13-39-78(90)95(3,4)79-40-14-26-52-91(79)102)100-93(74)67-30-28-36-71(62-67)99-86-47-21-17-43-82(86)97(69-33-9-6-10-34-69)83-44-18-22-48-87(83)99/h5-63H,1-4H3. The number of aromatic nitrogens is 1. The smallest absolute Gasteiger partial charge is 0.240 e. The Morgan fingerprint density at radius 1 is 0.225 bits per heavy atom. The summed E-state index contributed by atoms with van der Waals surface area (Å²) in [6.45, 7) is 9.59. The lowest BCUT2D eigenvalue weighted by Gasteiger charge is -2.42. The number of rotatable bonds is 10. The summed E-state index contributed by atoms with van der Waals surface area (Å²) >= 11 is 0. The van der Waals surface area contributed by atoms with Crippen LogP contribution in [0.25, 0.3) is 44.8 Å². The van der Waals surface area contributed by atoms with Crippen molar-refractivity contribution < 1.29 is 0 Å². The predicted molar refractivity (Wildman–Crippen MR) is 437 cm³/mol. The maximum atomic E-state index is 6.25. The zero-order chi connectivity index (χ0) is 68.2. The summed E-state index contributed by atoms with van der Waals surface area (Å²) in [5.74, 6) is 0. The highest BCUT2D eigenvalue weighted by atomic mass is 15.2. The van der Waals surface area contributed by atoms with Gasteiger partial charge < -0.3 is 9.80 Å². The van der Waals surface area contributed by atoms with Gasteiger partial charge in [0.2, 0.25) is 26.9 Å². The van der Waals surface area contributed by atoms with Crippen molar-refractivity contribution in [1.82, 2.24) is 4.98 Å². The summed E-state index contributed by atoms with van der Waals surface area (Å²) in [5, 5.41) is 0. The highest BCUT2D eigenvalue weighted by Crippen LogP contribution is 2.54. The molecule has 14 aromatic carbocycles. The molecule has 0 aliphatic carbocycles. The van der Waals surface area contributed by atoms with Gasteiger partial charge in [0, 0.05) is 44.5 Å². The quantitative estimate of drug-likeness (QED) is 0.127. The third-order valence-corrected chi connectivity index (χ3v) is 22.9. The van der Waals surface area contributed by atoms with Gasteiger partial charge in [-0.05, 0) is 88.0 Å². The van der Waals surface area contributed by atoms with Crippen molar-refractivity contribution in [2.24, 2.45) is 0 Å². The van der Waals surface area contributed by atoms with Crippen molar-refractivity contribution in [1.29, 1.82) is 0 Å². The molecular formula is C95H71B4N3. The van der Waals surface area contributed by atoms with Crippen molar-refractivity contribution in [2.45, 2.75) is 38.5 Å². The minimum atomic E-state index is -0.186. The molecule has 0 saturated carbocycles. The fourth-order valence-corrected chi connectivity index (χ4v) is 18.1. The third kappa shape index (κ3) is 9.88. The zero-order valence-electron chi connectivity index (χ0n) is 57.7. The van der Waals surface area contributed by atoms with E-state index in [0.717, 1.165) is 56.1 Å². The van der Waals surface area contributed by atoms with Crippen LogP contribution in [0.3, 0.4) is 0 Å². The van der Waals surface area contributed by atoms with Crippen LogP contribution in [0, 0.1) is 0 Å². The van der Waals surface area contributed by atoms with Crippen LogP contribution in [0.2, 0.25) is 0 Å². The molecule has 19 rings (SSSR count). The van der Waals surface area contributed by atoms with Crippen LogP contribution in [-0.2, 0) is 10.8 Å². The molecule has 0 saturated heterocycles. The first kappa shape index (κ1) is 61.2. The van der Waals surface area contributed by atoms with E-state index in [1.54, 1.807) is 0 Å². The van der Waals surface area contributed by atoms with E-state index in [2.05, 4.69) is 395 Å². The van der Waals surface area contributed by atoms with Gasteiger partial charge in [-0.1, -0.05) is 397 Å². The Bertz CT molecular complexity index is 5220. The normalized spacial score (nSPS) is 14.1. The molecule has 15 aromatic rings. The average Bonchev–Trinajstić information content (AvgIpc) is 0.748. The van der Waals surface area contributed by atoms with E-state index in [0.29, 0.717) is 0 Å². The second-order valence-electron chi connectivity index (χ2n) is 29.2. The minimum Gasteiger partial charge on any atom is -0.310 e. The van der Waals surface area contributed by atoms with E-state index in [-0.39, 0.29) is 37.7 Å². The fourth-order valence-electron chi connectivity index (χ4n) is 18.1. The molecular weight excluding hydrogens is 1230 g/mol. The lowest BCUT2D eigenvalue weighted by molar-refractivity contribution is 0.632. The highest BCUT2D eigenvalue weighted by Gasteiger charge is 2.42. The molecule has 4 aliphatic heterocycles. The number of pyridine rings is 1. The molecule has 0 spiro atoms. The summed E-state index contributed by atoms with van der Waals surface area (Å²) < 4.78 is 0. The predicted octanol–water partition coefficient (Wildman–Crippen LogP) is 14.7. The first-order valence-electron chi connectivity index (χ1n) is 36.1. The van der Waals surface area contributed by atoms with Gasteiger partial charge in [-0.2, -0.15) is 0 Å². The molecule has 0 atom stereocenters. The first-order chi connectivity index (χ1) is 50.2. The lowest BCUT2D eigenvalue weighted by Crippen LogP contribution is -2.74. The molecule has 478 valence electrons. The number of benzene rings is 14. The summed E-state index contributed by atoms with van der Waals surface area (Å²) in [6.07, 6.45) is 0. The summed E-state index contributed by atoms with van der Waals surface area (Å²) in [4.78, 5) is 11.2. The Morgan fingerprint density at radius 2 is 0.500 bits per heavy atom. The van der Waals surface area contributed by atoms with Gasteiger partial charge in [0.15, 0.2) is 0 Å². The topological polar surface area (TPSA) is 19.4 Å². The van der Waals surface area contributed by atoms with Crippen molar-refractivity contribution in [3.8, 4) is 44.8 Å². The van der Waals surface area contributed by atoms with Crippen LogP contribution in [-0.4, -0.2) is 31.8 Å². The van der Waals surface area contributed by atoms with Crippen LogP contribution in [0.1, 0.15) is 49.9 Å². The van der Waals surface area contributed by atoms with Crippen LogP contribution < -0.4 is 75.4 Å². The molecule has 0 N–H and O–H groups in total. The highest BCUT2D eigenvalue weighted by molar-refractivity contribution is 7.12. The van der Waals surface area contributed by atoms with Crippen LogP contribution in [0.5, 0.6) is 0 Å². The van der Waals surface area contributed by atoms with Gasteiger partial charge in [0.05, 0.1) is 34.1 Å². The monoisotopic (exact) mass is 1300 g/mol. The molecule has 3 nitrogen and oxygen atoms in total. The summed E-state index contributed by atoms with van der Waals surface area (Å²) in [7, 11) is 0. The average molecular weight is 1300 g/mol. The van der Waals surface area contributed by atoms with E-state index >= 15 is 0 Å². The largest absolute Gasteiger partial charge is 0.310 e. The molecule has 0 unspecified atom stereocenters. The van der Waals surface area contributed by atoms with E-state index in [4.69, 9.17) is 4.98 Å². The number of fused-ring (bicyclic) bond motifs is 8. The molecule has 4 aliphatic rings. The van der Waals surface area contributed by atoms with Crippen LogP contribution in [0.15, 0.2) is 358 Å². The van der Waals surface area contributed by atoms with Gasteiger partial charge in [0.25, 0.3) is 0 Å². The van der Waals surface area contributed by atoms with Gasteiger partial charge in [-0.25, -0.2) is 4.98 Å². The molecule has 0 amide bonds. The van der Waals surface area contributed by atoms with Crippen molar-refractivity contribution in [2.75, 3.05) is 9.80 Å². The number of anilines is 6. The Morgan fingerprint density at radius 3 is 0.873 bits per heavy atom. The molecule has 5 heterocycles. The second-order valence-corrected chi connectivity index (χ2v) is 29.2. The number of hydrogen-bond acceptors (Lipinski definition) is 3. The van der Waals surface area contributed by atoms with E-state index in [1.807, 2.05) is 0 Å². The zero-order valence-corrected chi connectivity index (χ0v) is 57.7. The Kier molecular flexibility index (Phi) is 14.7. The van der Waals surface area contributed by atoms with E-state index in [9.17, 15) is 0 Å². The van der Waals surface area contributed by atoms with Crippen molar-refractivity contribution in [3.63, 3.8) is 0 Å². The maximum absolute atomic E-state index is 6.25. The Labute approximate surface area is 600 Å². The minimum absolute atomic E-state index is 0.0176. The Hall–Kier alpha value is -11.9. The van der Waals surface area contributed by atoms with E-state index in [1.165, 1.54) is 111 Å². The SMILES string of the molecule is CC1(C)c2ccccc2N(c2ccc(-c3cc(-c4cccc(B5c6ccccc6B(c6ccccc6)c6ccccc65)c4)c(-c4ccc(N5c6ccccc6C(C)(C)c6ccccc65)cc4)nc3-c3cccc(B4c5ccccc5B(c5ccccc5)c5ccccc54)c3)cc2)c2ccccc21. The Balaban J connectivity index is 0.831. The third-order valence-electron chi connectivity index (χ3n) is 22.9. The maximum Gasteiger partial charge on any atom is 0.240 e. The van der Waals surface area contributed by atoms with Gasteiger partial charge in [0.1, 0.15) is 0 Å². The number of nitrogens with zero attached hydrogens (tertiary/aromatic N) is 3. The van der Waals surface area contributed by atoms with Crippen molar-refractivity contribution in [3.05, 3.63) is 380 Å². The van der Waals surface area contributed by atoms with Gasteiger partial charge >= 0.3 is 0 Å². The summed E-state index contributed by atoms with van der Waals surface area (Å²) in [6, 6.07) is 134. The van der Waals surface area contributed by atoms with Gasteiger partial charge in [-0.15, -0.1) is 0 Å². The van der Waals surface area contributed by atoms with E-state index < -0.39 is 0 Å². The molecule has 1 aromatic heterocycles.